The number of hydrogen-bond acceptors (Lipinski definition) is 4. The highest BCUT2D eigenvalue weighted by Crippen LogP contribution is 2.19. The Labute approximate surface area is 150 Å². The molecule has 1 aromatic heterocycles. The van der Waals surface area contributed by atoms with Crippen LogP contribution in [-0.2, 0) is 13.0 Å². The summed E-state index contributed by atoms with van der Waals surface area (Å²) in [4.78, 5) is 25.1. The molecule has 2 heterocycles. The highest BCUT2D eigenvalue weighted by molar-refractivity contribution is 5.74. The number of carbonyl (C=O) groups is 1. The second-order valence-electron chi connectivity index (χ2n) is 6.53. The minimum Gasteiger partial charge on any atom is -0.352 e. The topological polar surface area (TPSA) is 61.4 Å². The molecule has 2 rings (SSSR count). The van der Waals surface area contributed by atoms with Crippen LogP contribution in [0.15, 0.2) is 43.2 Å². The summed E-state index contributed by atoms with van der Waals surface area (Å²) in [6, 6.07) is 0.246. The van der Waals surface area contributed by atoms with Gasteiger partial charge in [0.25, 0.3) is 0 Å². The van der Waals surface area contributed by atoms with Crippen molar-refractivity contribution in [3.63, 3.8) is 0 Å². The lowest BCUT2D eigenvalue weighted by atomic mass is 10.1. The SMILES string of the molecule is C=CC=CC(=C)CN(C)C(=O)N1CCc2cnc(NC(C)C)nc2C1. The molecular formula is C19H27N5O. The molecule has 0 spiro atoms. The van der Waals surface area contributed by atoms with E-state index in [1.165, 1.54) is 0 Å². The summed E-state index contributed by atoms with van der Waals surface area (Å²) in [5.74, 6) is 0.611. The number of anilines is 1. The van der Waals surface area contributed by atoms with Crippen LogP contribution in [0.25, 0.3) is 0 Å². The van der Waals surface area contributed by atoms with E-state index < -0.39 is 0 Å². The van der Waals surface area contributed by atoms with Gasteiger partial charge in [0.15, 0.2) is 0 Å². The molecule has 25 heavy (non-hydrogen) atoms. The Hall–Kier alpha value is -2.63. The quantitative estimate of drug-likeness (QED) is 0.808. The summed E-state index contributed by atoms with van der Waals surface area (Å²) in [7, 11) is 1.79. The fourth-order valence-corrected chi connectivity index (χ4v) is 2.66. The maximum absolute atomic E-state index is 12.7. The first-order valence-corrected chi connectivity index (χ1v) is 8.49. The van der Waals surface area contributed by atoms with Crippen molar-refractivity contribution in [3.8, 4) is 0 Å². The van der Waals surface area contributed by atoms with Crippen LogP contribution >= 0.6 is 0 Å². The fraction of sp³-hybridized carbons (Fsp3) is 0.421. The Bertz CT molecular complexity index is 680. The van der Waals surface area contributed by atoms with Gasteiger partial charge in [-0.05, 0) is 31.4 Å². The predicted octanol–water partition coefficient (Wildman–Crippen LogP) is 3.01. The number of aromatic nitrogens is 2. The van der Waals surface area contributed by atoms with Crippen LogP contribution in [0.2, 0.25) is 0 Å². The fourth-order valence-electron chi connectivity index (χ4n) is 2.66. The number of allylic oxidation sites excluding steroid dienone is 2. The number of nitrogens with one attached hydrogen (secondary N) is 1. The van der Waals surface area contributed by atoms with Gasteiger partial charge in [-0.2, -0.15) is 0 Å². The summed E-state index contributed by atoms with van der Waals surface area (Å²) in [6.07, 6.45) is 8.00. The van der Waals surface area contributed by atoms with Crippen LogP contribution in [0.4, 0.5) is 10.7 Å². The van der Waals surface area contributed by atoms with E-state index in [2.05, 4.69) is 28.4 Å². The Kier molecular flexibility index (Phi) is 6.33. The molecule has 0 bridgehead atoms. The summed E-state index contributed by atoms with van der Waals surface area (Å²) in [6.45, 7) is 13.3. The maximum Gasteiger partial charge on any atom is 0.320 e. The van der Waals surface area contributed by atoms with Gasteiger partial charge in [0.2, 0.25) is 5.95 Å². The van der Waals surface area contributed by atoms with Gasteiger partial charge in [0, 0.05) is 32.4 Å². The molecule has 134 valence electrons. The third-order valence-electron chi connectivity index (χ3n) is 3.87. The molecule has 1 aliphatic heterocycles. The summed E-state index contributed by atoms with van der Waals surface area (Å²) < 4.78 is 0. The van der Waals surface area contributed by atoms with Crippen molar-refractivity contribution in [1.82, 2.24) is 19.8 Å². The minimum atomic E-state index is -0.0178. The zero-order valence-electron chi connectivity index (χ0n) is 15.3. The van der Waals surface area contributed by atoms with Crippen LogP contribution in [-0.4, -0.2) is 52.0 Å². The van der Waals surface area contributed by atoms with E-state index in [1.54, 1.807) is 18.0 Å². The third kappa shape index (κ3) is 5.17. The predicted molar refractivity (Wildman–Crippen MR) is 101 cm³/mol. The zero-order valence-corrected chi connectivity index (χ0v) is 15.3. The van der Waals surface area contributed by atoms with Gasteiger partial charge in [0.05, 0.1) is 12.2 Å². The molecule has 0 saturated heterocycles. The van der Waals surface area contributed by atoms with Gasteiger partial charge in [-0.3, -0.25) is 0 Å². The molecule has 0 fully saturated rings. The van der Waals surface area contributed by atoms with E-state index in [1.807, 2.05) is 37.1 Å². The molecule has 0 saturated carbocycles. The number of urea groups is 1. The first kappa shape index (κ1) is 18.7. The standard InChI is InChI=1S/C19H27N5O/c1-6-7-8-15(4)12-23(5)19(25)24-10-9-16-11-20-18(21-14(2)3)22-17(16)13-24/h6-8,11,14H,1,4,9-10,12-13H2,2-3,5H3,(H,20,21,22). The largest absolute Gasteiger partial charge is 0.352 e. The van der Waals surface area contributed by atoms with Gasteiger partial charge in [0.1, 0.15) is 0 Å². The molecule has 0 aliphatic carbocycles. The summed E-state index contributed by atoms with van der Waals surface area (Å²) in [5.41, 5.74) is 2.88. The molecular weight excluding hydrogens is 314 g/mol. The second-order valence-corrected chi connectivity index (χ2v) is 6.53. The van der Waals surface area contributed by atoms with Gasteiger partial charge in [-0.15, -0.1) is 0 Å². The Balaban J connectivity index is 2.02. The number of nitrogens with zero attached hydrogens (tertiary/aromatic N) is 4. The first-order valence-electron chi connectivity index (χ1n) is 8.49. The van der Waals surface area contributed by atoms with Gasteiger partial charge in [-0.25, -0.2) is 14.8 Å². The maximum atomic E-state index is 12.7. The van der Waals surface area contributed by atoms with Crippen molar-refractivity contribution in [2.45, 2.75) is 32.9 Å². The monoisotopic (exact) mass is 341 g/mol. The lowest BCUT2D eigenvalue weighted by molar-refractivity contribution is 0.160. The number of hydrogen-bond donors (Lipinski definition) is 1. The van der Waals surface area contributed by atoms with Crippen LogP contribution in [0.1, 0.15) is 25.1 Å². The number of fused-ring (bicyclic) bond motifs is 1. The smallest absolute Gasteiger partial charge is 0.320 e. The van der Waals surface area contributed by atoms with E-state index in [-0.39, 0.29) is 12.1 Å². The van der Waals surface area contributed by atoms with Gasteiger partial charge >= 0.3 is 6.03 Å². The number of carbonyl (C=O) groups excluding carboxylic acids is 1. The molecule has 6 nitrogen and oxygen atoms in total. The Morgan fingerprint density at radius 3 is 2.96 bits per heavy atom. The lowest BCUT2D eigenvalue weighted by Gasteiger charge is -2.32. The molecule has 0 unspecified atom stereocenters. The molecule has 0 aromatic carbocycles. The highest BCUT2D eigenvalue weighted by atomic mass is 16.2. The van der Waals surface area contributed by atoms with Crippen molar-refractivity contribution in [2.24, 2.45) is 0 Å². The van der Waals surface area contributed by atoms with Crippen molar-refractivity contribution in [2.75, 3.05) is 25.5 Å². The van der Waals surface area contributed by atoms with Crippen molar-refractivity contribution in [3.05, 3.63) is 54.4 Å². The molecule has 6 heteroatoms. The first-order chi connectivity index (χ1) is 11.9. The number of amides is 2. The minimum absolute atomic E-state index is 0.0178. The van der Waals surface area contributed by atoms with Crippen LogP contribution in [0.5, 0.6) is 0 Å². The number of rotatable bonds is 6. The molecule has 0 atom stereocenters. The van der Waals surface area contributed by atoms with Crippen LogP contribution in [0.3, 0.4) is 0 Å². The molecule has 1 aliphatic rings. The Morgan fingerprint density at radius 1 is 1.52 bits per heavy atom. The van der Waals surface area contributed by atoms with Crippen LogP contribution < -0.4 is 5.32 Å². The summed E-state index contributed by atoms with van der Waals surface area (Å²) >= 11 is 0. The average Bonchev–Trinajstić information content (AvgIpc) is 2.58. The zero-order chi connectivity index (χ0) is 18.4. The molecule has 2 amide bonds. The third-order valence-corrected chi connectivity index (χ3v) is 3.87. The van der Waals surface area contributed by atoms with E-state index in [0.29, 0.717) is 25.6 Å². The highest BCUT2D eigenvalue weighted by Gasteiger charge is 2.24. The number of likely N-dealkylation sites (N-methyl/N-ethyl adjacent to an activating group) is 1. The van der Waals surface area contributed by atoms with E-state index in [4.69, 9.17) is 0 Å². The molecule has 0 radical (unpaired) electrons. The van der Waals surface area contributed by atoms with Crippen LogP contribution in [0, 0.1) is 0 Å². The van der Waals surface area contributed by atoms with E-state index in [9.17, 15) is 4.79 Å². The van der Waals surface area contributed by atoms with E-state index in [0.717, 1.165) is 23.3 Å². The normalized spacial score (nSPS) is 13.7. The van der Waals surface area contributed by atoms with E-state index >= 15 is 0 Å². The van der Waals surface area contributed by atoms with Gasteiger partial charge in [-0.1, -0.05) is 31.4 Å². The Morgan fingerprint density at radius 2 is 2.28 bits per heavy atom. The second kappa shape index (κ2) is 8.46. The molecule has 1 N–H and O–H groups in total. The molecule has 1 aromatic rings. The van der Waals surface area contributed by atoms with Gasteiger partial charge < -0.3 is 15.1 Å². The summed E-state index contributed by atoms with van der Waals surface area (Å²) in [5, 5.41) is 3.20. The van der Waals surface area contributed by atoms with Crippen molar-refractivity contribution in [1.29, 1.82) is 0 Å². The van der Waals surface area contributed by atoms with Crippen molar-refractivity contribution >= 4 is 12.0 Å². The van der Waals surface area contributed by atoms with Crippen molar-refractivity contribution < 1.29 is 4.79 Å². The lowest BCUT2D eigenvalue weighted by Crippen LogP contribution is -2.44. The average molecular weight is 341 g/mol.